The van der Waals surface area contributed by atoms with Gasteiger partial charge in [-0.25, -0.2) is 9.97 Å². The number of aromatic nitrogens is 3. The summed E-state index contributed by atoms with van der Waals surface area (Å²) >= 11 is 0. The number of fused-ring (bicyclic) bond motifs is 7. The van der Waals surface area contributed by atoms with Crippen molar-refractivity contribution < 1.29 is 0 Å². The average Bonchev–Trinajstić information content (AvgIpc) is 3.52. The van der Waals surface area contributed by atoms with Crippen molar-refractivity contribution in [3.63, 3.8) is 0 Å². The molecule has 0 amide bonds. The van der Waals surface area contributed by atoms with Crippen molar-refractivity contribution in [3.8, 4) is 28.3 Å². The third kappa shape index (κ3) is 3.76. The molecule has 0 spiro atoms. The van der Waals surface area contributed by atoms with Gasteiger partial charge < -0.3 is 4.90 Å². The quantitative estimate of drug-likeness (QED) is 0.193. The van der Waals surface area contributed by atoms with Crippen LogP contribution in [0, 0.1) is 0 Å². The minimum atomic E-state index is 0.704. The summed E-state index contributed by atoms with van der Waals surface area (Å²) in [5.74, 6) is 1.58. The van der Waals surface area contributed by atoms with Gasteiger partial charge in [0.15, 0.2) is 5.82 Å². The van der Waals surface area contributed by atoms with Crippen LogP contribution in [0.5, 0.6) is 0 Å². The molecule has 0 atom stereocenters. The van der Waals surface area contributed by atoms with E-state index in [-0.39, 0.29) is 0 Å². The summed E-state index contributed by atoms with van der Waals surface area (Å²) in [5, 5.41) is 8.20. The molecule has 1 aliphatic heterocycles. The molecular weight excluding hydrogens is 609 g/mol. The lowest BCUT2D eigenvalue weighted by Gasteiger charge is -2.34. The fraction of sp³-hybridized carbons (Fsp3) is 0. The second-order valence-corrected chi connectivity index (χ2v) is 13.0. The first-order chi connectivity index (χ1) is 24.8. The molecule has 0 N–H and O–H groups in total. The van der Waals surface area contributed by atoms with E-state index in [9.17, 15) is 0 Å². The van der Waals surface area contributed by atoms with E-state index < -0.39 is 0 Å². The first-order valence-electron chi connectivity index (χ1n) is 17.0. The van der Waals surface area contributed by atoms with Crippen LogP contribution in [0.3, 0.4) is 0 Å². The summed E-state index contributed by atoms with van der Waals surface area (Å²) in [7, 11) is 0. The highest BCUT2D eigenvalue weighted by Crippen LogP contribution is 2.52. The molecule has 232 valence electrons. The lowest BCUT2D eigenvalue weighted by atomic mass is 9.90. The molecule has 0 saturated carbocycles. The van der Waals surface area contributed by atoms with Crippen LogP contribution in [-0.2, 0) is 0 Å². The van der Waals surface area contributed by atoms with Crippen LogP contribution >= 0.6 is 0 Å². The maximum Gasteiger partial charge on any atom is 0.162 e. The average molecular weight is 637 g/mol. The van der Waals surface area contributed by atoms with Crippen LogP contribution < -0.4 is 4.90 Å². The number of nitrogens with zero attached hydrogens (tertiary/aromatic N) is 4. The highest BCUT2D eigenvalue weighted by atomic mass is 15.2. The fourth-order valence-corrected chi connectivity index (χ4v) is 8.19. The Labute approximate surface area is 288 Å². The minimum Gasteiger partial charge on any atom is -0.309 e. The van der Waals surface area contributed by atoms with E-state index in [4.69, 9.17) is 9.97 Å². The normalized spacial score (nSPS) is 12.4. The van der Waals surface area contributed by atoms with E-state index in [1.54, 1.807) is 0 Å². The maximum atomic E-state index is 5.44. The van der Waals surface area contributed by atoms with Gasteiger partial charge >= 0.3 is 0 Å². The molecule has 0 fully saturated rings. The second-order valence-electron chi connectivity index (χ2n) is 13.0. The molecule has 3 heterocycles. The van der Waals surface area contributed by atoms with Crippen LogP contribution in [0.1, 0.15) is 0 Å². The molecule has 0 bridgehead atoms. The van der Waals surface area contributed by atoms with Gasteiger partial charge in [0, 0.05) is 38.1 Å². The Morgan fingerprint density at radius 2 is 0.960 bits per heavy atom. The predicted molar refractivity (Wildman–Crippen MR) is 208 cm³/mol. The monoisotopic (exact) mass is 636 g/mol. The van der Waals surface area contributed by atoms with Crippen molar-refractivity contribution in [1.29, 1.82) is 0 Å². The van der Waals surface area contributed by atoms with E-state index >= 15 is 0 Å². The summed E-state index contributed by atoms with van der Waals surface area (Å²) in [5.41, 5.74) is 10.2. The highest BCUT2D eigenvalue weighted by Gasteiger charge is 2.27. The zero-order valence-electron chi connectivity index (χ0n) is 27.0. The summed E-state index contributed by atoms with van der Waals surface area (Å²) in [6.07, 6.45) is 0. The maximum absolute atomic E-state index is 5.44. The molecule has 8 aromatic carbocycles. The van der Waals surface area contributed by atoms with Gasteiger partial charge in [-0.2, -0.15) is 0 Å². The standard InChI is InChI=1S/C46H28N4/c1-2-16-31-30(15-1)36(27-28-42(31)49-39-23-8-6-19-34(39)35-21-11-13-29-14-12-26-43(49)44(29)35)45-47-38-22-7-3-20-37(38)46(48-45)50-40-24-9-4-17-32(40)33-18-5-10-25-41(33)50/h1-28H. The lowest BCUT2D eigenvalue weighted by molar-refractivity contribution is 1.08. The predicted octanol–water partition coefficient (Wildman–Crippen LogP) is 12.2. The molecule has 0 unspecified atom stereocenters. The molecule has 4 nitrogen and oxygen atoms in total. The van der Waals surface area contributed by atoms with Crippen molar-refractivity contribution in [2.24, 2.45) is 0 Å². The lowest BCUT2D eigenvalue weighted by Crippen LogP contribution is -2.15. The van der Waals surface area contributed by atoms with E-state index in [2.05, 4.69) is 179 Å². The molecule has 1 aliphatic rings. The smallest absolute Gasteiger partial charge is 0.162 e. The van der Waals surface area contributed by atoms with E-state index in [1.807, 2.05) is 0 Å². The number of para-hydroxylation sites is 4. The van der Waals surface area contributed by atoms with Crippen molar-refractivity contribution >= 4 is 71.3 Å². The van der Waals surface area contributed by atoms with Gasteiger partial charge in [0.2, 0.25) is 0 Å². The van der Waals surface area contributed by atoms with Crippen LogP contribution in [0.15, 0.2) is 170 Å². The largest absolute Gasteiger partial charge is 0.309 e. The topological polar surface area (TPSA) is 34.0 Å². The Balaban J connectivity index is 1.18. The van der Waals surface area contributed by atoms with Gasteiger partial charge in [0.05, 0.1) is 33.6 Å². The first-order valence-corrected chi connectivity index (χ1v) is 17.0. The third-order valence-corrected chi connectivity index (χ3v) is 10.3. The van der Waals surface area contributed by atoms with E-state index in [1.165, 1.54) is 44.0 Å². The zero-order valence-corrected chi connectivity index (χ0v) is 27.0. The number of hydrogen-bond acceptors (Lipinski definition) is 3. The third-order valence-electron chi connectivity index (χ3n) is 10.3. The summed E-state index contributed by atoms with van der Waals surface area (Å²) in [4.78, 5) is 13.1. The van der Waals surface area contributed by atoms with Crippen molar-refractivity contribution in [2.75, 3.05) is 4.90 Å². The Bertz CT molecular complexity index is 2950. The Hall–Kier alpha value is -6.78. The summed E-state index contributed by atoms with van der Waals surface area (Å²) in [6.45, 7) is 0. The molecule has 0 radical (unpaired) electrons. The zero-order chi connectivity index (χ0) is 32.8. The van der Waals surface area contributed by atoms with Crippen molar-refractivity contribution in [2.45, 2.75) is 0 Å². The van der Waals surface area contributed by atoms with Gasteiger partial charge in [-0.3, -0.25) is 4.57 Å². The number of rotatable bonds is 3. The number of anilines is 3. The SMILES string of the molecule is c1ccc2c(c1)-c1cccc3cccc(c13)N2c1ccc(-c2nc(-n3c4ccccc4c4ccccc43)c3ccccc3n2)c2ccccc12. The molecular formula is C46H28N4. The van der Waals surface area contributed by atoms with Crippen LogP contribution in [-0.4, -0.2) is 14.5 Å². The first kappa shape index (κ1) is 27.2. The fourth-order valence-electron chi connectivity index (χ4n) is 8.19. The molecule has 4 heteroatoms. The molecule has 2 aromatic heterocycles. The van der Waals surface area contributed by atoms with Crippen LogP contribution in [0.2, 0.25) is 0 Å². The van der Waals surface area contributed by atoms with E-state index in [0.717, 1.165) is 49.8 Å². The van der Waals surface area contributed by atoms with Gasteiger partial charge in [-0.1, -0.05) is 121 Å². The van der Waals surface area contributed by atoms with E-state index in [0.29, 0.717) is 5.82 Å². The summed E-state index contributed by atoms with van der Waals surface area (Å²) < 4.78 is 2.30. The van der Waals surface area contributed by atoms with Gasteiger partial charge in [-0.15, -0.1) is 0 Å². The second kappa shape index (κ2) is 10.4. The Morgan fingerprint density at radius 3 is 1.76 bits per heavy atom. The number of benzene rings is 8. The minimum absolute atomic E-state index is 0.704. The van der Waals surface area contributed by atoms with Crippen molar-refractivity contribution in [3.05, 3.63) is 170 Å². The molecule has 0 saturated heterocycles. The Kier molecular flexibility index (Phi) is 5.63. The summed E-state index contributed by atoms with van der Waals surface area (Å²) in [6, 6.07) is 60.7. The molecule has 0 aliphatic carbocycles. The molecule has 10 aromatic rings. The highest BCUT2D eigenvalue weighted by molar-refractivity contribution is 6.17. The van der Waals surface area contributed by atoms with Crippen LogP contribution in [0.25, 0.3) is 82.6 Å². The van der Waals surface area contributed by atoms with Crippen molar-refractivity contribution in [1.82, 2.24) is 14.5 Å². The molecule has 50 heavy (non-hydrogen) atoms. The van der Waals surface area contributed by atoms with Gasteiger partial charge in [0.25, 0.3) is 0 Å². The van der Waals surface area contributed by atoms with Gasteiger partial charge in [0.1, 0.15) is 5.82 Å². The van der Waals surface area contributed by atoms with Crippen LogP contribution in [0.4, 0.5) is 17.1 Å². The molecule has 11 rings (SSSR count). The van der Waals surface area contributed by atoms with Gasteiger partial charge in [-0.05, 0) is 64.9 Å². The Morgan fingerprint density at radius 1 is 0.360 bits per heavy atom. The number of hydrogen-bond donors (Lipinski definition) is 0.